The van der Waals surface area contributed by atoms with E-state index in [9.17, 15) is 18.0 Å². The highest BCUT2D eigenvalue weighted by Gasteiger charge is 2.33. The number of nitrogens with zero attached hydrogens (tertiary/aromatic N) is 1. The summed E-state index contributed by atoms with van der Waals surface area (Å²) in [4.78, 5) is 10.6. The Bertz CT molecular complexity index is 517. The van der Waals surface area contributed by atoms with Gasteiger partial charge in [0.2, 0.25) is 0 Å². The SMILES string of the molecule is Cc1ccc(C#N)c(CC(=O)O)c1OC(F)(F)F. The summed E-state index contributed by atoms with van der Waals surface area (Å²) in [5, 5.41) is 17.4. The van der Waals surface area contributed by atoms with Crippen LogP contribution in [0.2, 0.25) is 0 Å². The van der Waals surface area contributed by atoms with Gasteiger partial charge in [-0.05, 0) is 18.6 Å². The number of hydrogen-bond donors (Lipinski definition) is 1. The van der Waals surface area contributed by atoms with Crippen molar-refractivity contribution in [2.45, 2.75) is 19.7 Å². The van der Waals surface area contributed by atoms with Crippen LogP contribution < -0.4 is 4.74 Å². The molecule has 0 bridgehead atoms. The first-order valence-electron chi connectivity index (χ1n) is 4.74. The average molecular weight is 259 g/mol. The molecule has 4 nitrogen and oxygen atoms in total. The van der Waals surface area contributed by atoms with Crippen molar-refractivity contribution in [3.8, 4) is 11.8 Å². The number of hydrogen-bond acceptors (Lipinski definition) is 3. The van der Waals surface area contributed by atoms with Crippen molar-refractivity contribution in [3.05, 3.63) is 28.8 Å². The summed E-state index contributed by atoms with van der Waals surface area (Å²) in [5.41, 5.74) is -0.313. The summed E-state index contributed by atoms with van der Waals surface area (Å²) in [5.74, 6) is -1.96. The number of ether oxygens (including phenoxy) is 1. The van der Waals surface area contributed by atoms with Gasteiger partial charge in [-0.1, -0.05) is 6.07 Å². The van der Waals surface area contributed by atoms with E-state index in [2.05, 4.69) is 4.74 Å². The van der Waals surface area contributed by atoms with Crippen LogP contribution in [0.3, 0.4) is 0 Å². The molecule has 0 fully saturated rings. The molecule has 1 aromatic carbocycles. The summed E-state index contributed by atoms with van der Waals surface area (Å²) in [6.45, 7) is 1.34. The van der Waals surface area contributed by atoms with Crippen LogP contribution in [0, 0.1) is 18.3 Å². The molecule has 0 aliphatic heterocycles. The minimum atomic E-state index is -4.94. The molecule has 0 aromatic heterocycles. The summed E-state index contributed by atoms with van der Waals surface area (Å²) in [7, 11) is 0. The average Bonchev–Trinajstić information content (AvgIpc) is 2.21. The summed E-state index contributed by atoms with van der Waals surface area (Å²) < 4.78 is 40.5. The Morgan fingerprint density at radius 2 is 2.11 bits per heavy atom. The van der Waals surface area contributed by atoms with E-state index < -0.39 is 24.5 Å². The number of alkyl halides is 3. The van der Waals surface area contributed by atoms with Crippen molar-refractivity contribution in [1.82, 2.24) is 0 Å². The van der Waals surface area contributed by atoms with Crippen LogP contribution in [0.15, 0.2) is 12.1 Å². The second-order valence-electron chi connectivity index (χ2n) is 3.47. The predicted molar refractivity (Wildman–Crippen MR) is 53.9 cm³/mol. The lowest BCUT2D eigenvalue weighted by atomic mass is 10.0. The standard InChI is InChI=1S/C11H8F3NO3/c1-6-2-3-7(5-15)8(4-9(16)17)10(6)18-11(12,13)14/h2-3H,4H2,1H3,(H,16,17). The first-order valence-corrected chi connectivity index (χ1v) is 4.74. The van der Waals surface area contributed by atoms with Gasteiger partial charge in [-0.25, -0.2) is 0 Å². The third-order valence-electron chi connectivity index (χ3n) is 2.12. The lowest BCUT2D eigenvalue weighted by Gasteiger charge is -2.15. The third kappa shape index (κ3) is 3.38. The molecule has 0 spiro atoms. The molecule has 1 rings (SSSR count). The van der Waals surface area contributed by atoms with Crippen LogP contribution in [0.5, 0.6) is 5.75 Å². The molecule has 7 heteroatoms. The zero-order valence-corrected chi connectivity index (χ0v) is 9.21. The molecule has 0 aliphatic carbocycles. The number of nitriles is 1. The van der Waals surface area contributed by atoms with Crippen LogP contribution in [0.25, 0.3) is 0 Å². The van der Waals surface area contributed by atoms with Crippen molar-refractivity contribution in [3.63, 3.8) is 0 Å². The Morgan fingerprint density at radius 1 is 1.50 bits per heavy atom. The van der Waals surface area contributed by atoms with Crippen LogP contribution >= 0.6 is 0 Å². The Kier molecular flexibility index (Phi) is 3.81. The zero-order chi connectivity index (χ0) is 13.9. The smallest absolute Gasteiger partial charge is 0.481 e. The maximum absolute atomic E-state index is 12.2. The van der Waals surface area contributed by atoms with Crippen molar-refractivity contribution in [2.75, 3.05) is 0 Å². The molecule has 1 N–H and O–H groups in total. The van der Waals surface area contributed by atoms with Crippen molar-refractivity contribution in [1.29, 1.82) is 5.26 Å². The molecule has 0 saturated carbocycles. The molecule has 96 valence electrons. The third-order valence-corrected chi connectivity index (χ3v) is 2.12. The van der Waals surface area contributed by atoms with Crippen LogP contribution in [0.4, 0.5) is 13.2 Å². The molecule has 0 unspecified atom stereocenters. The predicted octanol–water partition coefficient (Wildman–Crippen LogP) is 2.39. The van der Waals surface area contributed by atoms with Crippen molar-refractivity contribution in [2.24, 2.45) is 0 Å². The molecule has 0 saturated heterocycles. The van der Waals surface area contributed by atoms with Gasteiger partial charge in [0.05, 0.1) is 18.1 Å². The normalized spacial score (nSPS) is 10.8. The number of carboxylic acid groups (broad SMARTS) is 1. The topological polar surface area (TPSA) is 70.3 Å². The number of carbonyl (C=O) groups is 1. The van der Waals surface area contributed by atoms with E-state index in [1.807, 2.05) is 0 Å². The minimum absolute atomic E-state index is 0.113. The molecule has 0 heterocycles. The fraction of sp³-hybridized carbons (Fsp3) is 0.273. The van der Waals surface area contributed by atoms with Gasteiger partial charge >= 0.3 is 12.3 Å². The maximum Gasteiger partial charge on any atom is 0.573 e. The van der Waals surface area contributed by atoms with Gasteiger partial charge in [-0.2, -0.15) is 5.26 Å². The van der Waals surface area contributed by atoms with E-state index in [4.69, 9.17) is 10.4 Å². The minimum Gasteiger partial charge on any atom is -0.481 e. The number of rotatable bonds is 3. The molecule has 18 heavy (non-hydrogen) atoms. The highest BCUT2D eigenvalue weighted by atomic mass is 19.4. The van der Waals surface area contributed by atoms with E-state index in [0.29, 0.717) is 0 Å². The second-order valence-corrected chi connectivity index (χ2v) is 3.47. The highest BCUT2D eigenvalue weighted by molar-refractivity contribution is 5.73. The van der Waals surface area contributed by atoms with Crippen molar-refractivity contribution >= 4 is 5.97 Å². The van der Waals surface area contributed by atoms with Crippen molar-refractivity contribution < 1.29 is 27.8 Å². The molecule has 0 atom stereocenters. The summed E-state index contributed by atoms with van der Waals surface area (Å²) in [6.07, 6.45) is -5.65. The van der Waals surface area contributed by atoms with Gasteiger partial charge in [-0.15, -0.1) is 13.2 Å². The van der Waals surface area contributed by atoms with E-state index in [0.717, 1.165) is 0 Å². The van der Waals surface area contributed by atoms with E-state index in [1.165, 1.54) is 19.1 Å². The lowest BCUT2D eigenvalue weighted by Crippen LogP contribution is -2.20. The Balaban J connectivity index is 3.37. The van der Waals surface area contributed by atoms with E-state index in [-0.39, 0.29) is 16.7 Å². The number of benzene rings is 1. The zero-order valence-electron chi connectivity index (χ0n) is 9.21. The molecular formula is C11H8F3NO3. The molecular weight excluding hydrogens is 251 g/mol. The summed E-state index contributed by atoms with van der Waals surface area (Å²) in [6, 6.07) is 4.17. The maximum atomic E-state index is 12.2. The molecule has 0 aliphatic rings. The molecule has 0 radical (unpaired) electrons. The number of aryl methyl sites for hydroxylation is 1. The Morgan fingerprint density at radius 3 is 2.56 bits per heavy atom. The first kappa shape index (κ1) is 13.8. The van der Waals surface area contributed by atoms with Crippen LogP contribution in [-0.4, -0.2) is 17.4 Å². The number of carboxylic acids is 1. The van der Waals surface area contributed by atoms with E-state index >= 15 is 0 Å². The van der Waals surface area contributed by atoms with E-state index in [1.54, 1.807) is 6.07 Å². The quantitative estimate of drug-likeness (QED) is 0.904. The van der Waals surface area contributed by atoms with Gasteiger partial charge in [0.1, 0.15) is 5.75 Å². The molecule has 1 aromatic rings. The highest BCUT2D eigenvalue weighted by Crippen LogP contribution is 2.32. The monoisotopic (exact) mass is 259 g/mol. The van der Waals surface area contributed by atoms with Gasteiger partial charge in [-0.3, -0.25) is 4.79 Å². The second kappa shape index (κ2) is 4.96. The van der Waals surface area contributed by atoms with Crippen LogP contribution in [-0.2, 0) is 11.2 Å². The number of halogens is 3. The Labute approximate surface area is 100 Å². The fourth-order valence-corrected chi connectivity index (χ4v) is 1.43. The van der Waals surface area contributed by atoms with Gasteiger partial charge < -0.3 is 9.84 Å². The molecule has 0 amide bonds. The summed E-state index contributed by atoms with van der Waals surface area (Å²) >= 11 is 0. The Hall–Kier alpha value is -2.23. The van der Waals surface area contributed by atoms with Crippen LogP contribution in [0.1, 0.15) is 16.7 Å². The number of aliphatic carboxylic acids is 1. The van der Waals surface area contributed by atoms with Gasteiger partial charge in [0, 0.05) is 5.56 Å². The van der Waals surface area contributed by atoms with Gasteiger partial charge in [0.25, 0.3) is 0 Å². The fourth-order valence-electron chi connectivity index (χ4n) is 1.43. The lowest BCUT2D eigenvalue weighted by molar-refractivity contribution is -0.275. The largest absolute Gasteiger partial charge is 0.573 e. The van der Waals surface area contributed by atoms with Gasteiger partial charge in [0.15, 0.2) is 0 Å². The first-order chi connectivity index (χ1) is 8.24.